The lowest BCUT2D eigenvalue weighted by Crippen LogP contribution is -2.68. The van der Waals surface area contributed by atoms with Gasteiger partial charge in [-0.3, -0.25) is 14.7 Å². The Morgan fingerprint density at radius 2 is 1.88 bits per heavy atom. The lowest BCUT2D eigenvalue weighted by atomic mass is 10.0. The molecule has 0 aliphatic carbocycles. The molecular weight excluding hydrogens is 548 g/mol. The zero-order valence-corrected chi connectivity index (χ0v) is 23.3. The second-order valence-corrected chi connectivity index (χ2v) is 11.7. The van der Waals surface area contributed by atoms with Crippen LogP contribution in [0.25, 0.3) is 0 Å². The molecule has 0 radical (unpaired) electrons. The summed E-state index contributed by atoms with van der Waals surface area (Å²) < 4.78 is 6.18. The number of nitrogens with two attached hydrogens (primary N) is 1. The van der Waals surface area contributed by atoms with Crippen LogP contribution in [0.1, 0.15) is 17.2 Å². The molecule has 1 unspecified atom stereocenters. The first-order valence-electron chi connectivity index (χ1n) is 12.7. The molecule has 1 amide bonds. The lowest BCUT2D eigenvalue weighted by Gasteiger charge is -2.48. The van der Waals surface area contributed by atoms with Crippen molar-refractivity contribution in [3.8, 4) is 0 Å². The molecule has 0 saturated carbocycles. The SMILES string of the molecule is CN1C=C2N=C(CO)C=C(SCC3=C(C(=O)OC(c4ccccc4)c4ccccc4)N4C(=O)C(N)[C@H]4SC3)N2N1. The van der Waals surface area contributed by atoms with E-state index in [9.17, 15) is 14.7 Å². The van der Waals surface area contributed by atoms with Gasteiger partial charge in [0.25, 0.3) is 0 Å². The molecule has 4 heterocycles. The summed E-state index contributed by atoms with van der Waals surface area (Å²) >= 11 is 3.03. The molecule has 12 heteroatoms. The predicted octanol–water partition coefficient (Wildman–Crippen LogP) is 2.30. The number of hydrogen-bond donors (Lipinski definition) is 3. The monoisotopic (exact) mass is 576 g/mol. The van der Waals surface area contributed by atoms with Crippen LogP contribution in [0.5, 0.6) is 0 Å². The topological polar surface area (TPSA) is 124 Å². The number of carbonyl (C=O) groups is 2. The zero-order valence-electron chi connectivity index (χ0n) is 21.6. The average Bonchev–Trinajstić information content (AvgIpc) is 3.38. The molecule has 2 aromatic rings. The number of hydrogen-bond acceptors (Lipinski definition) is 11. The molecule has 6 rings (SSSR count). The summed E-state index contributed by atoms with van der Waals surface area (Å²) in [5, 5.41) is 13.8. The Kier molecular flexibility index (Phi) is 7.43. The smallest absolute Gasteiger partial charge is 0.356 e. The van der Waals surface area contributed by atoms with Crippen LogP contribution in [0.4, 0.5) is 0 Å². The Hall–Kier alpha value is -3.55. The van der Waals surface area contributed by atoms with Crippen LogP contribution in [0.2, 0.25) is 0 Å². The van der Waals surface area contributed by atoms with Gasteiger partial charge in [0.1, 0.15) is 17.1 Å². The largest absolute Gasteiger partial charge is 0.448 e. The Labute approximate surface area is 240 Å². The van der Waals surface area contributed by atoms with Gasteiger partial charge in [-0.25, -0.2) is 14.8 Å². The summed E-state index contributed by atoms with van der Waals surface area (Å²) in [4.78, 5) is 32.8. The maximum atomic E-state index is 13.9. The van der Waals surface area contributed by atoms with Crippen molar-refractivity contribution in [3.05, 3.63) is 106 Å². The van der Waals surface area contributed by atoms with Crippen LogP contribution in [-0.4, -0.2) is 74.2 Å². The number of rotatable bonds is 8. The molecule has 2 atom stereocenters. The van der Waals surface area contributed by atoms with Gasteiger partial charge < -0.3 is 15.6 Å². The maximum Gasteiger partial charge on any atom is 0.356 e. The molecule has 0 bridgehead atoms. The third-order valence-electron chi connectivity index (χ3n) is 6.83. The van der Waals surface area contributed by atoms with Crippen molar-refractivity contribution < 1.29 is 19.4 Å². The zero-order chi connectivity index (χ0) is 27.8. The maximum absolute atomic E-state index is 13.9. The van der Waals surface area contributed by atoms with Crippen LogP contribution in [0.3, 0.4) is 0 Å². The molecule has 0 aromatic heterocycles. The van der Waals surface area contributed by atoms with Crippen LogP contribution in [0.15, 0.2) is 100 Å². The van der Waals surface area contributed by atoms with E-state index in [1.807, 2.05) is 78.9 Å². The van der Waals surface area contributed by atoms with E-state index in [1.165, 1.54) is 16.7 Å². The first-order chi connectivity index (χ1) is 19.4. The number of aliphatic hydroxyl groups is 1. The van der Waals surface area contributed by atoms with Crippen molar-refractivity contribution in [1.82, 2.24) is 20.5 Å². The standard InChI is InChI=1S/C28H28N6O4S2/c1-32-13-21-30-20(14-35)12-22(34(21)31-32)39-15-19-16-40-27-23(29)26(36)33(27)24(19)28(37)38-25(17-8-4-2-5-9-17)18-10-6-3-7-11-18/h2-13,23,25,27,31,35H,14-16,29H2,1H3/t23?,27-/m1/s1. The summed E-state index contributed by atoms with van der Waals surface area (Å²) in [5.41, 5.74) is 12.5. The fourth-order valence-corrected chi connectivity index (χ4v) is 7.34. The molecule has 206 valence electrons. The number of aliphatic imine (C=N–C) groups is 1. The van der Waals surface area contributed by atoms with Gasteiger partial charge in [0.15, 0.2) is 11.9 Å². The lowest BCUT2D eigenvalue weighted by molar-refractivity contribution is -0.153. The normalized spacial score (nSPS) is 21.9. The van der Waals surface area contributed by atoms with Gasteiger partial charge in [-0.15, -0.1) is 29.1 Å². The molecule has 4 N–H and O–H groups in total. The number of β-lactam (4-membered cyclic amide) rings is 1. The second kappa shape index (κ2) is 11.1. The Bertz CT molecular complexity index is 1410. The van der Waals surface area contributed by atoms with Gasteiger partial charge >= 0.3 is 5.97 Å². The highest BCUT2D eigenvalue weighted by Gasteiger charge is 2.52. The van der Waals surface area contributed by atoms with Gasteiger partial charge in [-0.05, 0) is 22.8 Å². The molecule has 40 heavy (non-hydrogen) atoms. The molecule has 1 fully saturated rings. The van der Waals surface area contributed by atoms with E-state index in [0.717, 1.165) is 21.7 Å². The van der Waals surface area contributed by atoms with E-state index in [2.05, 4.69) is 10.5 Å². The average molecular weight is 577 g/mol. The molecule has 4 aliphatic heterocycles. The molecule has 10 nitrogen and oxygen atoms in total. The van der Waals surface area contributed by atoms with E-state index >= 15 is 0 Å². The van der Waals surface area contributed by atoms with Crippen LogP contribution in [0, 0.1) is 0 Å². The van der Waals surface area contributed by atoms with Crippen molar-refractivity contribution in [2.45, 2.75) is 17.5 Å². The van der Waals surface area contributed by atoms with Gasteiger partial charge in [-0.2, -0.15) is 0 Å². The Balaban J connectivity index is 1.31. The van der Waals surface area contributed by atoms with E-state index in [4.69, 9.17) is 10.5 Å². The van der Waals surface area contributed by atoms with Gasteiger partial charge in [0, 0.05) is 18.6 Å². The number of thioether (sulfide) groups is 2. The fourth-order valence-electron chi connectivity index (χ4n) is 4.87. The van der Waals surface area contributed by atoms with Crippen molar-refractivity contribution in [2.75, 3.05) is 25.2 Å². The van der Waals surface area contributed by atoms with Gasteiger partial charge in [0.2, 0.25) is 5.91 Å². The number of benzene rings is 2. The number of nitrogens with one attached hydrogen (secondary N) is 1. The quantitative estimate of drug-likeness (QED) is 0.319. The van der Waals surface area contributed by atoms with E-state index in [0.29, 0.717) is 23.0 Å². The molecular formula is C28H28N6O4S2. The summed E-state index contributed by atoms with van der Waals surface area (Å²) in [6, 6.07) is 18.5. The number of ether oxygens (including phenoxy) is 1. The number of amides is 1. The first-order valence-corrected chi connectivity index (χ1v) is 14.7. The number of fused-ring (bicyclic) bond motifs is 2. The highest BCUT2D eigenvalue weighted by molar-refractivity contribution is 8.03. The number of nitrogens with zero attached hydrogens (tertiary/aromatic N) is 4. The number of hydrazine groups is 2. The Morgan fingerprint density at radius 3 is 2.52 bits per heavy atom. The summed E-state index contributed by atoms with van der Waals surface area (Å²) in [6.45, 7) is -0.197. The molecule has 0 spiro atoms. The van der Waals surface area contributed by atoms with Crippen LogP contribution >= 0.6 is 23.5 Å². The van der Waals surface area contributed by atoms with Crippen molar-refractivity contribution in [1.29, 1.82) is 0 Å². The summed E-state index contributed by atoms with van der Waals surface area (Å²) in [5.74, 6) is 0.756. The highest BCUT2D eigenvalue weighted by atomic mass is 32.2. The van der Waals surface area contributed by atoms with E-state index in [1.54, 1.807) is 22.8 Å². The minimum absolute atomic E-state index is 0.197. The fraction of sp³-hybridized carbons (Fsp3) is 0.250. The first kappa shape index (κ1) is 26.7. The molecule has 1 saturated heterocycles. The van der Waals surface area contributed by atoms with Crippen LogP contribution in [-0.2, 0) is 14.3 Å². The minimum Gasteiger partial charge on any atom is -0.448 e. The minimum atomic E-state index is -0.651. The summed E-state index contributed by atoms with van der Waals surface area (Å²) in [7, 11) is 1.85. The van der Waals surface area contributed by atoms with Gasteiger partial charge in [-0.1, -0.05) is 60.7 Å². The molecule has 4 aliphatic rings. The second-order valence-electron chi connectivity index (χ2n) is 9.56. The number of carbonyl (C=O) groups excluding carboxylic acids is 2. The molecule has 2 aromatic carbocycles. The Morgan fingerprint density at radius 1 is 1.20 bits per heavy atom. The van der Waals surface area contributed by atoms with Crippen LogP contribution < -0.4 is 11.3 Å². The van der Waals surface area contributed by atoms with Crippen molar-refractivity contribution in [2.24, 2.45) is 10.7 Å². The third-order valence-corrected chi connectivity index (χ3v) is 9.28. The highest BCUT2D eigenvalue weighted by Crippen LogP contribution is 2.42. The predicted molar refractivity (Wildman–Crippen MR) is 155 cm³/mol. The number of esters is 1. The third kappa shape index (κ3) is 4.93. The number of aliphatic hydroxyl groups excluding tert-OH is 1. The van der Waals surface area contributed by atoms with E-state index in [-0.39, 0.29) is 23.6 Å². The van der Waals surface area contributed by atoms with Crippen molar-refractivity contribution in [3.63, 3.8) is 0 Å². The van der Waals surface area contributed by atoms with Gasteiger partial charge in [0.05, 0.1) is 23.5 Å². The summed E-state index contributed by atoms with van der Waals surface area (Å²) in [6.07, 6.45) is 2.98. The van der Waals surface area contributed by atoms with E-state index < -0.39 is 18.1 Å². The van der Waals surface area contributed by atoms with Crippen molar-refractivity contribution >= 4 is 41.1 Å².